The number of hydrogen-bond acceptors (Lipinski definition) is 2. The van der Waals surface area contributed by atoms with E-state index in [1.54, 1.807) is 6.07 Å². The number of benzene rings is 1. The zero-order valence-electron chi connectivity index (χ0n) is 12.2. The average molecular weight is 327 g/mol. The molecular weight excluding hydrogens is 307 g/mol. The third kappa shape index (κ3) is 4.02. The van der Waals surface area contributed by atoms with E-state index in [-0.39, 0.29) is 23.8 Å². The first-order chi connectivity index (χ1) is 9.69. The van der Waals surface area contributed by atoms with Crippen molar-refractivity contribution >= 4 is 29.7 Å². The predicted molar refractivity (Wildman–Crippen MR) is 92.9 cm³/mol. The minimum absolute atomic E-state index is 0. The van der Waals surface area contributed by atoms with Gasteiger partial charge in [-0.15, -0.1) is 24.0 Å². The van der Waals surface area contributed by atoms with Crippen LogP contribution < -0.4 is 10.5 Å². The molecule has 114 valence electrons. The minimum Gasteiger partial charge on any atom is -0.372 e. The smallest absolute Gasteiger partial charge is 0.252 e. The van der Waals surface area contributed by atoms with Crippen molar-refractivity contribution in [3.05, 3.63) is 52.3 Å². The number of hydrogen-bond donors (Lipinski definition) is 1. The van der Waals surface area contributed by atoms with Crippen molar-refractivity contribution < 1.29 is 0 Å². The number of alkyl halides is 1. The van der Waals surface area contributed by atoms with E-state index >= 15 is 0 Å². The number of anilines is 1. The minimum atomic E-state index is -0.120. The van der Waals surface area contributed by atoms with Gasteiger partial charge in [-0.25, -0.2) is 0 Å². The topological polar surface area (TPSA) is 36.1 Å². The average Bonchev–Trinajstić information content (AvgIpc) is 2.49. The zero-order chi connectivity index (χ0) is 14.5. The van der Waals surface area contributed by atoms with Crippen molar-refractivity contribution in [1.82, 2.24) is 4.98 Å². The van der Waals surface area contributed by atoms with Gasteiger partial charge in [0.05, 0.1) is 5.88 Å². The summed E-state index contributed by atoms with van der Waals surface area (Å²) < 4.78 is 0. The molecule has 0 spiro atoms. The Labute approximate surface area is 136 Å². The van der Waals surface area contributed by atoms with Crippen LogP contribution in [0, 0.1) is 0 Å². The number of aromatic amines is 1. The molecule has 0 radical (unpaired) electrons. The summed E-state index contributed by atoms with van der Waals surface area (Å²) in [7, 11) is 0. The van der Waals surface area contributed by atoms with Crippen molar-refractivity contribution in [3.8, 4) is 11.3 Å². The van der Waals surface area contributed by atoms with Crippen LogP contribution in [0.5, 0.6) is 0 Å². The molecule has 2 aromatic rings. The van der Waals surface area contributed by atoms with Crippen LogP contribution in [0.1, 0.15) is 19.4 Å². The summed E-state index contributed by atoms with van der Waals surface area (Å²) in [4.78, 5) is 17.0. The lowest BCUT2D eigenvalue weighted by atomic mass is 10.1. The standard InChI is InChI=1S/C16H19ClN2O.ClH/c1-3-19(4-2)14-7-5-6-12(10-14)15-9-8-13(11-17)16(20)18-15;/h5-10H,3-4,11H2,1-2H3,(H,18,20);1H. The largest absolute Gasteiger partial charge is 0.372 e. The highest BCUT2D eigenvalue weighted by Gasteiger charge is 2.06. The first-order valence-corrected chi connectivity index (χ1v) is 7.36. The van der Waals surface area contributed by atoms with Gasteiger partial charge in [0.25, 0.3) is 5.56 Å². The van der Waals surface area contributed by atoms with Crippen LogP contribution in [0.4, 0.5) is 5.69 Å². The Morgan fingerprint density at radius 3 is 2.43 bits per heavy atom. The van der Waals surface area contributed by atoms with E-state index in [0.29, 0.717) is 5.56 Å². The van der Waals surface area contributed by atoms with Gasteiger partial charge in [0.2, 0.25) is 0 Å². The highest BCUT2D eigenvalue weighted by Crippen LogP contribution is 2.22. The molecule has 5 heteroatoms. The van der Waals surface area contributed by atoms with Crippen molar-refractivity contribution in [2.75, 3.05) is 18.0 Å². The summed E-state index contributed by atoms with van der Waals surface area (Å²) in [6.07, 6.45) is 0. The Morgan fingerprint density at radius 2 is 1.86 bits per heavy atom. The molecule has 0 aliphatic carbocycles. The monoisotopic (exact) mass is 326 g/mol. The highest BCUT2D eigenvalue weighted by molar-refractivity contribution is 6.17. The van der Waals surface area contributed by atoms with E-state index < -0.39 is 0 Å². The van der Waals surface area contributed by atoms with Gasteiger partial charge in [0, 0.05) is 35.6 Å². The van der Waals surface area contributed by atoms with Gasteiger partial charge in [0.1, 0.15) is 0 Å². The number of pyridine rings is 1. The van der Waals surface area contributed by atoms with Gasteiger partial charge in [-0.3, -0.25) is 4.79 Å². The Bertz CT molecular complexity index is 636. The van der Waals surface area contributed by atoms with Gasteiger partial charge in [0.15, 0.2) is 0 Å². The Balaban J connectivity index is 0.00000220. The molecule has 0 aliphatic rings. The summed E-state index contributed by atoms with van der Waals surface area (Å²) in [5.41, 5.74) is 3.46. The molecule has 0 saturated heterocycles. The molecule has 0 amide bonds. The summed E-state index contributed by atoms with van der Waals surface area (Å²) in [5, 5.41) is 0. The van der Waals surface area contributed by atoms with Gasteiger partial charge in [-0.1, -0.05) is 18.2 Å². The quantitative estimate of drug-likeness (QED) is 0.841. The van der Waals surface area contributed by atoms with Gasteiger partial charge in [-0.2, -0.15) is 0 Å². The van der Waals surface area contributed by atoms with E-state index in [1.807, 2.05) is 18.2 Å². The maximum Gasteiger partial charge on any atom is 0.252 e. The Morgan fingerprint density at radius 1 is 1.14 bits per heavy atom. The molecule has 0 atom stereocenters. The fourth-order valence-corrected chi connectivity index (χ4v) is 2.45. The molecule has 0 saturated carbocycles. The normalized spacial score (nSPS) is 10.0. The fourth-order valence-electron chi connectivity index (χ4n) is 2.24. The molecular formula is C16H20Cl2N2O. The van der Waals surface area contributed by atoms with Crippen LogP contribution >= 0.6 is 24.0 Å². The molecule has 0 bridgehead atoms. The van der Waals surface area contributed by atoms with Crippen LogP contribution in [0.25, 0.3) is 11.3 Å². The maximum absolute atomic E-state index is 11.8. The zero-order valence-corrected chi connectivity index (χ0v) is 13.8. The number of halogens is 2. The van der Waals surface area contributed by atoms with Crippen LogP contribution in [0.3, 0.4) is 0 Å². The number of aromatic nitrogens is 1. The molecule has 1 heterocycles. The van der Waals surface area contributed by atoms with E-state index in [4.69, 9.17) is 11.6 Å². The summed E-state index contributed by atoms with van der Waals surface area (Å²) >= 11 is 5.71. The lowest BCUT2D eigenvalue weighted by Gasteiger charge is -2.21. The van der Waals surface area contributed by atoms with Crippen molar-refractivity contribution in [2.24, 2.45) is 0 Å². The third-order valence-corrected chi connectivity index (χ3v) is 3.71. The number of H-pyrrole nitrogens is 1. The molecule has 0 aliphatic heterocycles. The predicted octanol–water partition coefficient (Wildman–Crippen LogP) is 4.05. The second kappa shape index (κ2) is 8.11. The first kappa shape index (κ1) is 17.6. The Kier molecular flexibility index (Phi) is 6.79. The van der Waals surface area contributed by atoms with Gasteiger partial charge < -0.3 is 9.88 Å². The van der Waals surface area contributed by atoms with Crippen LogP contribution in [0.15, 0.2) is 41.2 Å². The van der Waals surface area contributed by atoms with Gasteiger partial charge in [-0.05, 0) is 32.0 Å². The third-order valence-electron chi connectivity index (χ3n) is 3.42. The summed E-state index contributed by atoms with van der Waals surface area (Å²) in [5.74, 6) is 0.231. The molecule has 3 nitrogen and oxygen atoms in total. The molecule has 21 heavy (non-hydrogen) atoms. The summed E-state index contributed by atoms with van der Waals surface area (Å²) in [6.45, 7) is 6.18. The molecule has 1 aromatic heterocycles. The molecule has 1 aromatic carbocycles. The van der Waals surface area contributed by atoms with E-state index in [1.165, 1.54) is 0 Å². The molecule has 0 unspecified atom stereocenters. The van der Waals surface area contributed by atoms with Crippen LogP contribution in [0.2, 0.25) is 0 Å². The van der Waals surface area contributed by atoms with Crippen molar-refractivity contribution in [2.45, 2.75) is 19.7 Å². The molecule has 2 rings (SSSR count). The fraction of sp³-hybridized carbons (Fsp3) is 0.312. The van der Waals surface area contributed by atoms with Gasteiger partial charge >= 0.3 is 0 Å². The first-order valence-electron chi connectivity index (χ1n) is 6.83. The number of rotatable bonds is 5. The number of nitrogens with one attached hydrogen (secondary N) is 1. The molecule has 0 fully saturated rings. The van der Waals surface area contributed by atoms with Crippen molar-refractivity contribution in [3.63, 3.8) is 0 Å². The SMILES string of the molecule is CCN(CC)c1cccc(-c2ccc(CCl)c(=O)[nH]2)c1.Cl. The Hall–Kier alpha value is -1.45. The summed E-state index contributed by atoms with van der Waals surface area (Å²) in [6, 6.07) is 11.9. The second-order valence-electron chi connectivity index (χ2n) is 4.58. The molecule has 1 N–H and O–H groups in total. The lowest BCUT2D eigenvalue weighted by molar-refractivity contribution is 0.866. The van der Waals surface area contributed by atoms with E-state index in [0.717, 1.165) is 30.0 Å². The highest BCUT2D eigenvalue weighted by atomic mass is 35.5. The van der Waals surface area contributed by atoms with Crippen LogP contribution in [-0.2, 0) is 5.88 Å². The van der Waals surface area contributed by atoms with Crippen LogP contribution in [-0.4, -0.2) is 18.1 Å². The second-order valence-corrected chi connectivity index (χ2v) is 4.85. The maximum atomic E-state index is 11.8. The van der Waals surface area contributed by atoms with E-state index in [2.05, 4.69) is 35.9 Å². The lowest BCUT2D eigenvalue weighted by Crippen LogP contribution is -2.21. The van der Waals surface area contributed by atoms with E-state index in [9.17, 15) is 4.79 Å². The number of nitrogens with zero attached hydrogens (tertiary/aromatic N) is 1. The van der Waals surface area contributed by atoms with Crippen molar-refractivity contribution in [1.29, 1.82) is 0 Å².